The standard InChI is InChI=1S/C18H21ClN2O5/c1-18(2,3)26-17(23)20-9-11-7-12(19)6-10-8-13(16(22)25-5)15(24-4)21-14(10)11/h6-8H,9H2,1-5H3,(H,20,23). The summed E-state index contributed by atoms with van der Waals surface area (Å²) < 4.78 is 15.2. The number of methoxy groups -OCH3 is 2. The van der Waals surface area contributed by atoms with Gasteiger partial charge in [-0.25, -0.2) is 14.6 Å². The van der Waals surface area contributed by atoms with E-state index in [0.29, 0.717) is 21.5 Å². The van der Waals surface area contributed by atoms with Crippen LogP contribution in [0.1, 0.15) is 36.7 Å². The van der Waals surface area contributed by atoms with Crippen LogP contribution in [0.15, 0.2) is 18.2 Å². The summed E-state index contributed by atoms with van der Waals surface area (Å²) in [7, 11) is 2.69. The van der Waals surface area contributed by atoms with Gasteiger partial charge in [0.25, 0.3) is 0 Å². The summed E-state index contributed by atoms with van der Waals surface area (Å²) in [5, 5.41) is 3.74. The van der Waals surface area contributed by atoms with Gasteiger partial charge >= 0.3 is 12.1 Å². The molecule has 1 aromatic carbocycles. The lowest BCUT2D eigenvalue weighted by molar-refractivity contribution is 0.0522. The minimum atomic E-state index is -0.600. The van der Waals surface area contributed by atoms with Crippen molar-refractivity contribution in [2.75, 3.05) is 14.2 Å². The maximum atomic E-state index is 11.9. The highest BCUT2D eigenvalue weighted by Crippen LogP contribution is 2.28. The molecule has 0 saturated heterocycles. The molecule has 0 aliphatic carbocycles. The van der Waals surface area contributed by atoms with Crippen molar-refractivity contribution in [2.45, 2.75) is 32.9 Å². The van der Waals surface area contributed by atoms with E-state index >= 15 is 0 Å². The van der Waals surface area contributed by atoms with E-state index in [1.54, 1.807) is 39.0 Å². The quantitative estimate of drug-likeness (QED) is 0.813. The second kappa shape index (κ2) is 7.78. The third-order valence-electron chi connectivity index (χ3n) is 3.35. The van der Waals surface area contributed by atoms with E-state index in [9.17, 15) is 9.59 Å². The van der Waals surface area contributed by atoms with E-state index in [2.05, 4.69) is 10.3 Å². The zero-order valence-corrected chi connectivity index (χ0v) is 16.1. The van der Waals surface area contributed by atoms with Crippen molar-refractivity contribution in [1.82, 2.24) is 10.3 Å². The average Bonchev–Trinajstić information content (AvgIpc) is 2.56. The number of ether oxygens (including phenoxy) is 3. The number of nitrogens with zero attached hydrogens (tertiary/aromatic N) is 1. The molecule has 0 radical (unpaired) electrons. The fraction of sp³-hybridized carbons (Fsp3) is 0.389. The van der Waals surface area contributed by atoms with Gasteiger partial charge in [-0.05, 0) is 44.5 Å². The van der Waals surface area contributed by atoms with Crippen LogP contribution in [0.4, 0.5) is 4.79 Å². The number of hydrogen-bond acceptors (Lipinski definition) is 6. The molecule has 1 amide bonds. The Kier molecular flexibility index (Phi) is 5.92. The first-order chi connectivity index (χ1) is 12.1. The van der Waals surface area contributed by atoms with E-state index in [-0.39, 0.29) is 18.0 Å². The summed E-state index contributed by atoms with van der Waals surface area (Å²) in [5.41, 5.74) is 0.802. The fourth-order valence-electron chi connectivity index (χ4n) is 2.33. The van der Waals surface area contributed by atoms with E-state index in [1.165, 1.54) is 14.2 Å². The molecule has 0 unspecified atom stereocenters. The molecule has 8 heteroatoms. The number of hydrogen-bond donors (Lipinski definition) is 1. The number of amides is 1. The third-order valence-corrected chi connectivity index (χ3v) is 3.57. The number of alkyl carbamates (subject to hydrolysis) is 1. The van der Waals surface area contributed by atoms with Gasteiger partial charge in [0.15, 0.2) is 0 Å². The Labute approximate surface area is 156 Å². The minimum absolute atomic E-state index is 0.130. The van der Waals surface area contributed by atoms with Crippen LogP contribution in [0.25, 0.3) is 10.9 Å². The molecular formula is C18H21ClN2O5. The van der Waals surface area contributed by atoms with Crippen molar-refractivity contribution in [2.24, 2.45) is 0 Å². The lowest BCUT2D eigenvalue weighted by Crippen LogP contribution is -2.32. The van der Waals surface area contributed by atoms with Crippen LogP contribution in [0.2, 0.25) is 5.02 Å². The predicted octanol–water partition coefficient (Wildman–Crippen LogP) is 3.71. The summed E-state index contributed by atoms with van der Waals surface area (Å²) in [6.07, 6.45) is -0.552. The third kappa shape index (κ3) is 4.76. The predicted molar refractivity (Wildman–Crippen MR) is 97.7 cm³/mol. The molecular weight excluding hydrogens is 360 g/mol. The van der Waals surface area contributed by atoms with Gasteiger partial charge in [0.2, 0.25) is 5.88 Å². The van der Waals surface area contributed by atoms with Crippen LogP contribution in [0.5, 0.6) is 5.88 Å². The SMILES string of the molecule is COC(=O)c1cc2cc(Cl)cc(CNC(=O)OC(C)(C)C)c2nc1OC. The number of esters is 1. The molecule has 0 fully saturated rings. The van der Waals surface area contributed by atoms with Gasteiger partial charge in [-0.15, -0.1) is 0 Å². The molecule has 26 heavy (non-hydrogen) atoms. The summed E-state index contributed by atoms with van der Waals surface area (Å²) >= 11 is 6.17. The van der Waals surface area contributed by atoms with Gasteiger partial charge in [0.1, 0.15) is 11.2 Å². The molecule has 0 aliphatic rings. The van der Waals surface area contributed by atoms with Crippen LogP contribution in [0.3, 0.4) is 0 Å². The van der Waals surface area contributed by atoms with E-state index in [4.69, 9.17) is 25.8 Å². The number of carbonyl (C=O) groups excluding carboxylic acids is 2. The first kappa shape index (κ1) is 19.8. The zero-order valence-electron chi connectivity index (χ0n) is 15.3. The second-order valence-electron chi connectivity index (χ2n) is 6.53. The molecule has 140 valence electrons. The van der Waals surface area contributed by atoms with Crippen molar-refractivity contribution < 1.29 is 23.8 Å². The highest BCUT2D eigenvalue weighted by molar-refractivity contribution is 6.31. The summed E-state index contributed by atoms with van der Waals surface area (Å²) in [4.78, 5) is 28.2. The van der Waals surface area contributed by atoms with Crippen molar-refractivity contribution in [1.29, 1.82) is 0 Å². The average molecular weight is 381 g/mol. The summed E-state index contributed by atoms with van der Waals surface area (Å²) in [6, 6.07) is 4.95. The molecule has 0 atom stereocenters. The first-order valence-corrected chi connectivity index (χ1v) is 8.24. The van der Waals surface area contributed by atoms with Crippen molar-refractivity contribution in [3.8, 4) is 5.88 Å². The molecule has 1 aromatic heterocycles. The summed E-state index contributed by atoms with van der Waals surface area (Å²) in [6.45, 7) is 5.49. The molecule has 0 saturated carbocycles. The Morgan fingerprint density at radius 1 is 1.19 bits per heavy atom. The lowest BCUT2D eigenvalue weighted by atomic mass is 10.1. The number of rotatable bonds is 4. The number of carbonyl (C=O) groups is 2. The van der Waals surface area contributed by atoms with Gasteiger partial charge in [-0.2, -0.15) is 0 Å². The minimum Gasteiger partial charge on any atom is -0.480 e. The van der Waals surface area contributed by atoms with Crippen molar-refractivity contribution >= 4 is 34.6 Å². The van der Waals surface area contributed by atoms with Crippen LogP contribution in [0, 0.1) is 0 Å². The van der Waals surface area contributed by atoms with Crippen molar-refractivity contribution in [3.05, 3.63) is 34.3 Å². The zero-order chi connectivity index (χ0) is 19.5. The molecule has 0 bridgehead atoms. The Morgan fingerprint density at radius 2 is 1.88 bits per heavy atom. The van der Waals surface area contributed by atoms with Crippen LogP contribution < -0.4 is 10.1 Å². The van der Waals surface area contributed by atoms with E-state index < -0.39 is 17.7 Å². The van der Waals surface area contributed by atoms with Gasteiger partial charge in [0, 0.05) is 17.0 Å². The molecule has 0 spiro atoms. The Morgan fingerprint density at radius 3 is 2.46 bits per heavy atom. The van der Waals surface area contributed by atoms with Gasteiger partial charge in [0.05, 0.1) is 19.7 Å². The van der Waals surface area contributed by atoms with Gasteiger partial charge < -0.3 is 19.5 Å². The Bertz CT molecular complexity index is 846. The first-order valence-electron chi connectivity index (χ1n) is 7.87. The van der Waals surface area contributed by atoms with E-state index in [0.717, 1.165) is 0 Å². The normalized spacial score (nSPS) is 11.2. The highest BCUT2D eigenvalue weighted by atomic mass is 35.5. The Hall–Kier alpha value is -2.54. The number of nitrogens with one attached hydrogen (secondary N) is 1. The lowest BCUT2D eigenvalue weighted by Gasteiger charge is -2.20. The number of pyridine rings is 1. The molecule has 2 rings (SSSR count). The van der Waals surface area contributed by atoms with Crippen molar-refractivity contribution in [3.63, 3.8) is 0 Å². The van der Waals surface area contributed by atoms with Gasteiger partial charge in [-0.1, -0.05) is 11.6 Å². The molecule has 7 nitrogen and oxygen atoms in total. The Balaban J connectivity index is 2.40. The van der Waals surface area contributed by atoms with Crippen LogP contribution in [-0.2, 0) is 16.0 Å². The molecule has 2 aromatic rings. The molecule has 0 aliphatic heterocycles. The smallest absolute Gasteiger partial charge is 0.407 e. The largest absolute Gasteiger partial charge is 0.480 e. The number of halogens is 1. The van der Waals surface area contributed by atoms with Gasteiger partial charge in [-0.3, -0.25) is 0 Å². The maximum absolute atomic E-state index is 11.9. The number of aromatic nitrogens is 1. The topological polar surface area (TPSA) is 86.8 Å². The monoisotopic (exact) mass is 380 g/mol. The number of benzene rings is 1. The van der Waals surface area contributed by atoms with Crippen LogP contribution in [-0.4, -0.2) is 36.9 Å². The number of fused-ring (bicyclic) bond motifs is 1. The highest BCUT2D eigenvalue weighted by Gasteiger charge is 2.19. The molecule has 1 heterocycles. The maximum Gasteiger partial charge on any atom is 0.407 e. The van der Waals surface area contributed by atoms with E-state index in [1.807, 2.05) is 0 Å². The summed E-state index contributed by atoms with van der Waals surface area (Å²) in [5.74, 6) is -0.435. The fourth-order valence-corrected chi connectivity index (χ4v) is 2.58. The molecule has 1 N–H and O–H groups in total. The second-order valence-corrected chi connectivity index (χ2v) is 6.97. The van der Waals surface area contributed by atoms with Crippen LogP contribution >= 0.6 is 11.6 Å².